The number of hydrogen-bond donors (Lipinski definition) is 0. The highest BCUT2D eigenvalue weighted by atomic mass is 15.4. The maximum atomic E-state index is 2.66. The maximum Gasteiger partial charge on any atom is 0.187 e. The highest BCUT2D eigenvalue weighted by Crippen LogP contribution is 2.48. The summed E-state index contributed by atoms with van der Waals surface area (Å²) in [6.07, 6.45) is 1.26. The summed E-state index contributed by atoms with van der Waals surface area (Å²) >= 11 is 0. The molecule has 2 heterocycles. The number of benzene rings is 8. The van der Waals surface area contributed by atoms with Crippen LogP contribution in [0.1, 0.15) is 107 Å². The minimum Gasteiger partial charge on any atom is -0.339 e. The van der Waals surface area contributed by atoms with Gasteiger partial charge in [0.1, 0.15) is 0 Å². The Morgan fingerprint density at radius 2 is 0.776 bits per heavy atom. The van der Waals surface area contributed by atoms with Gasteiger partial charge in [0.25, 0.3) is 0 Å². The molecule has 0 unspecified atom stereocenters. The van der Waals surface area contributed by atoms with Gasteiger partial charge in [0.15, 0.2) is 6.17 Å². The molecular weight excluding hydrogens is 813 g/mol. The zero-order valence-corrected chi connectivity index (χ0v) is 40.4. The molecule has 0 bridgehead atoms. The lowest BCUT2D eigenvalue weighted by Gasteiger charge is -2.37. The lowest BCUT2D eigenvalue weighted by Crippen LogP contribution is -2.34. The van der Waals surface area contributed by atoms with Gasteiger partial charge < -0.3 is 19.3 Å². The summed E-state index contributed by atoms with van der Waals surface area (Å²) in [5.41, 5.74) is 18.8. The molecule has 1 aliphatic heterocycles. The number of anilines is 5. The third-order valence-corrected chi connectivity index (χ3v) is 13.8. The molecule has 1 aliphatic rings. The predicted molar refractivity (Wildman–Crippen MR) is 287 cm³/mol. The zero-order valence-electron chi connectivity index (χ0n) is 40.4. The number of rotatable bonds is 12. The van der Waals surface area contributed by atoms with Crippen molar-refractivity contribution in [3.8, 4) is 16.8 Å². The second-order valence-electron chi connectivity index (χ2n) is 19.5. The molecule has 0 N–H and O–H groups in total. The van der Waals surface area contributed by atoms with E-state index in [9.17, 15) is 0 Å². The standard InChI is InChI=1S/C63H63N4/c1-42(2)53-24-17-25-54(43(3)4)61(53)64-39-40-65(62-55(44(5)6)26-18-27-56(62)45(7)8)63(64)48-31-35-51(36-32-48)66(50-33-29-47(30-34-50)46-19-11-9-12-20-46)52-37-38-60-58(41-52)57-23-15-16-28-59(57)67(60)49-21-13-10-14-22-49/h9-38,41-45H,39-40H2,1-8H3. The number of aromatic nitrogens is 1. The maximum absolute atomic E-state index is 2.66. The Bertz CT molecular complexity index is 3020. The molecular formula is C63H63N4. The first-order valence-electron chi connectivity index (χ1n) is 24.4. The van der Waals surface area contributed by atoms with Crippen molar-refractivity contribution in [3.63, 3.8) is 0 Å². The number of fused-ring (bicyclic) bond motifs is 3. The number of nitrogens with zero attached hydrogens (tertiary/aromatic N) is 4. The molecule has 0 spiro atoms. The Hall–Kier alpha value is -7.04. The summed E-state index contributed by atoms with van der Waals surface area (Å²) in [7, 11) is 0. The van der Waals surface area contributed by atoms with Crippen molar-refractivity contribution in [2.24, 2.45) is 0 Å². The van der Waals surface area contributed by atoms with Crippen LogP contribution in [0, 0.1) is 6.17 Å². The van der Waals surface area contributed by atoms with Crippen LogP contribution in [0.15, 0.2) is 188 Å². The average Bonchev–Trinajstić information content (AvgIpc) is 3.94. The van der Waals surface area contributed by atoms with E-state index in [1.54, 1.807) is 0 Å². The van der Waals surface area contributed by atoms with Crippen molar-refractivity contribution < 1.29 is 0 Å². The molecule has 4 heteroatoms. The quantitative estimate of drug-likeness (QED) is 0.122. The van der Waals surface area contributed by atoms with Crippen LogP contribution in [0.2, 0.25) is 0 Å². The molecule has 8 aromatic carbocycles. The molecule has 9 aromatic rings. The number of hydrogen-bond acceptors (Lipinski definition) is 3. The molecule has 0 atom stereocenters. The van der Waals surface area contributed by atoms with Gasteiger partial charge in [-0.25, -0.2) is 0 Å². The van der Waals surface area contributed by atoms with E-state index in [4.69, 9.17) is 0 Å². The van der Waals surface area contributed by atoms with Crippen molar-refractivity contribution in [1.29, 1.82) is 0 Å². The molecule has 0 aliphatic carbocycles. The second kappa shape index (κ2) is 18.3. The Morgan fingerprint density at radius 1 is 0.358 bits per heavy atom. The summed E-state index contributed by atoms with van der Waals surface area (Å²) in [4.78, 5) is 7.76. The van der Waals surface area contributed by atoms with Crippen LogP contribution in [-0.2, 0) is 0 Å². The van der Waals surface area contributed by atoms with Crippen LogP contribution in [0.4, 0.5) is 28.4 Å². The molecule has 0 saturated carbocycles. The third-order valence-electron chi connectivity index (χ3n) is 13.8. The van der Waals surface area contributed by atoms with E-state index in [0.29, 0.717) is 23.7 Å². The summed E-state index contributed by atoms with van der Waals surface area (Å²) < 4.78 is 2.39. The minimum atomic E-state index is 0.376. The van der Waals surface area contributed by atoms with E-state index in [2.05, 4.69) is 263 Å². The van der Waals surface area contributed by atoms with Crippen molar-refractivity contribution in [1.82, 2.24) is 4.57 Å². The van der Waals surface area contributed by atoms with Crippen LogP contribution in [0.25, 0.3) is 38.6 Å². The van der Waals surface area contributed by atoms with Gasteiger partial charge in [-0.15, -0.1) is 0 Å². The van der Waals surface area contributed by atoms with E-state index < -0.39 is 0 Å². The fourth-order valence-electron chi connectivity index (χ4n) is 10.5. The molecule has 335 valence electrons. The molecule has 1 radical (unpaired) electrons. The van der Waals surface area contributed by atoms with Gasteiger partial charge in [-0.3, -0.25) is 0 Å². The average molecular weight is 876 g/mol. The van der Waals surface area contributed by atoms with Crippen molar-refractivity contribution in [3.05, 3.63) is 222 Å². The van der Waals surface area contributed by atoms with Crippen molar-refractivity contribution in [2.45, 2.75) is 79.1 Å². The fraction of sp³-hybridized carbons (Fsp3) is 0.222. The predicted octanol–water partition coefficient (Wildman–Crippen LogP) is 17.3. The molecule has 1 aromatic heterocycles. The van der Waals surface area contributed by atoms with E-state index in [1.165, 1.54) is 78.3 Å². The number of para-hydroxylation sites is 4. The minimum absolute atomic E-state index is 0.376. The molecule has 10 rings (SSSR count). The summed E-state index contributed by atoms with van der Waals surface area (Å²) in [6.45, 7) is 20.5. The van der Waals surface area contributed by atoms with Crippen LogP contribution >= 0.6 is 0 Å². The van der Waals surface area contributed by atoms with Gasteiger partial charge in [0.05, 0.1) is 11.0 Å². The van der Waals surface area contributed by atoms with E-state index in [-0.39, 0.29) is 0 Å². The largest absolute Gasteiger partial charge is 0.339 e. The van der Waals surface area contributed by atoms with Gasteiger partial charge in [-0.1, -0.05) is 183 Å². The van der Waals surface area contributed by atoms with Gasteiger partial charge >= 0.3 is 0 Å². The third kappa shape index (κ3) is 8.07. The first kappa shape index (κ1) is 43.8. The normalized spacial score (nSPS) is 13.4. The Balaban J connectivity index is 1.15. The highest BCUT2D eigenvalue weighted by Gasteiger charge is 2.40. The Labute approximate surface area is 398 Å². The zero-order chi connectivity index (χ0) is 46.3. The summed E-state index contributed by atoms with van der Waals surface area (Å²) in [5, 5.41) is 2.46. The SMILES string of the molecule is CC(C)c1cccc(C(C)C)c1N1CCN(c2c(C(C)C)cccc2C(C)C)[C]1c1ccc(N(c2ccc(-c3ccccc3)cc2)c2ccc3c(c2)c2ccccc2n3-c2ccccc2)cc1. The molecule has 1 saturated heterocycles. The molecule has 0 amide bonds. The van der Waals surface area contributed by atoms with Gasteiger partial charge in [-0.2, -0.15) is 0 Å². The van der Waals surface area contributed by atoms with Gasteiger partial charge in [0, 0.05) is 63.5 Å². The highest BCUT2D eigenvalue weighted by molar-refractivity contribution is 6.10. The Morgan fingerprint density at radius 3 is 1.28 bits per heavy atom. The van der Waals surface area contributed by atoms with Crippen LogP contribution in [0.5, 0.6) is 0 Å². The van der Waals surface area contributed by atoms with Crippen molar-refractivity contribution >= 4 is 50.2 Å². The first-order valence-corrected chi connectivity index (χ1v) is 24.4. The smallest absolute Gasteiger partial charge is 0.187 e. The molecule has 67 heavy (non-hydrogen) atoms. The van der Waals surface area contributed by atoms with Crippen LogP contribution in [-0.4, -0.2) is 17.7 Å². The van der Waals surface area contributed by atoms with E-state index >= 15 is 0 Å². The van der Waals surface area contributed by atoms with Crippen LogP contribution in [0.3, 0.4) is 0 Å². The lowest BCUT2D eigenvalue weighted by molar-refractivity contribution is 0.799. The second-order valence-corrected chi connectivity index (χ2v) is 19.5. The van der Waals surface area contributed by atoms with Gasteiger partial charge in [-0.05, 0) is 118 Å². The monoisotopic (exact) mass is 876 g/mol. The topological polar surface area (TPSA) is 14.7 Å². The Kier molecular flexibility index (Phi) is 12.0. The van der Waals surface area contributed by atoms with Crippen LogP contribution < -0.4 is 14.7 Å². The van der Waals surface area contributed by atoms with E-state index in [1.807, 2.05) is 0 Å². The molecule has 1 fully saturated rings. The van der Waals surface area contributed by atoms with E-state index in [0.717, 1.165) is 35.8 Å². The van der Waals surface area contributed by atoms with Gasteiger partial charge in [0.2, 0.25) is 0 Å². The summed E-state index contributed by atoms with van der Waals surface area (Å²) in [6, 6.07) is 69.6. The molecule has 4 nitrogen and oxygen atoms in total. The fourth-order valence-corrected chi connectivity index (χ4v) is 10.5. The lowest BCUT2D eigenvalue weighted by atomic mass is 9.90. The van der Waals surface area contributed by atoms with Crippen molar-refractivity contribution in [2.75, 3.05) is 27.8 Å². The first-order chi connectivity index (χ1) is 32.6. The summed E-state index contributed by atoms with van der Waals surface area (Å²) in [5.74, 6) is 1.51.